The maximum absolute atomic E-state index is 14.6. The summed E-state index contributed by atoms with van der Waals surface area (Å²) in [6.07, 6.45) is 2.55. The minimum Gasteiger partial charge on any atom is -0.498 e. The predicted molar refractivity (Wildman–Crippen MR) is 189 cm³/mol. The first-order chi connectivity index (χ1) is 21.9. The van der Waals surface area contributed by atoms with Crippen LogP contribution in [0.4, 0.5) is 0 Å². The lowest BCUT2D eigenvalue weighted by atomic mass is 9.64. The van der Waals surface area contributed by atoms with Gasteiger partial charge in [0.05, 0.1) is 56.0 Å². The number of hydrogen-bond donors (Lipinski definition) is 0. The fourth-order valence-corrected chi connectivity index (χ4v) is 20.6. The van der Waals surface area contributed by atoms with E-state index in [-0.39, 0.29) is 47.9 Å². The molecular formula is C37H62O9Si2. The van der Waals surface area contributed by atoms with Crippen LogP contribution >= 0.6 is 0 Å². The molecule has 0 N–H and O–H groups in total. The van der Waals surface area contributed by atoms with Crippen LogP contribution in [0.15, 0.2) is 12.3 Å². The molecule has 2 aliphatic carbocycles. The zero-order chi connectivity index (χ0) is 36.3. The van der Waals surface area contributed by atoms with Crippen molar-refractivity contribution in [3.05, 3.63) is 12.3 Å². The van der Waals surface area contributed by atoms with Gasteiger partial charge < -0.3 is 23.7 Å². The molecule has 2 saturated carbocycles. The van der Waals surface area contributed by atoms with Gasteiger partial charge >= 0.3 is 23.9 Å². The Labute approximate surface area is 290 Å². The maximum atomic E-state index is 14.6. The summed E-state index contributed by atoms with van der Waals surface area (Å²) < 4.78 is 30.3. The monoisotopic (exact) mass is 706 g/mol. The van der Waals surface area contributed by atoms with Crippen molar-refractivity contribution in [3.8, 4) is 0 Å². The van der Waals surface area contributed by atoms with Crippen LogP contribution in [0.5, 0.6) is 0 Å². The molecule has 0 spiro atoms. The zero-order valence-electron chi connectivity index (χ0n) is 31.7. The third-order valence-corrected chi connectivity index (χ3v) is 20.5. The molecule has 0 aromatic heterocycles. The average molecular weight is 707 g/mol. The SMILES string of the molecule is C=C1CC(C)(OC(=O)C(C)(CC)CC(C)(CC(C)(CC)C(=O)OC([Si](C)(C)C)[Si](C)(C)C)C(=O)OC2C3CC4C(=O)OC2C4C3)CCO1. The van der Waals surface area contributed by atoms with E-state index in [2.05, 4.69) is 45.9 Å². The summed E-state index contributed by atoms with van der Waals surface area (Å²) in [5.41, 5.74) is -4.11. The third-order valence-electron chi connectivity index (χ3n) is 11.9. The summed E-state index contributed by atoms with van der Waals surface area (Å²) in [5, 5.41) is -0.105. The van der Waals surface area contributed by atoms with Crippen molar-refractivity contribution in [2.24, 2.45) is 34.0 Å². The van der Waals surface area contributed by atoms with Crippen molar-refractivity contribution in [1.29, 1.82) is 0 Å². The van der Waals surface area contributed by atoms with E-state index in [4.69, 9.17) is 23.7 Å². The smallest absolute Gasteiger partial charge is 0.312 e. The van der Waals surface area contributed by atoms with Crippen molar-refractivity contribution in [2.45, 2.75) is 155 Å². The number of carbonyl (C=O) groups excluding carboxylic acids is 4. The molecule has 9 nitrogen and oxygen atoms in total. The molecule has 48 heavy (non-hydrogen) atoms. The molecule has 0 amide bonds. The first-order valence-electron chi connectivity index (χ1n) is 18.1. The Morgan fingerprint density at radius 2 is 1.48 bits per heavy atom. The van der Waals surface area contributed by atoms with Crippen LogP contribution in [-0.2, 0) is 42.9 Å². The average Bonchev–Trinajstić information content (AvgIpc) is 3.59. The highest BCUT2D eigenvalue weighted by molar-refractivity contribution is 6.96. The van der Waals surface area contributed by atoms with Gasteiger partial charge in [0.25, 0.3) is 0 Å². The largest absolute Gasteiger partial charge is 0.498 e. The summed E-state index contributed by atoms with van der Waals surface area (Å²) in [6, 6.07) is 0. The molecule has 2 bridgehead atoms. The second-order valence-corrected chi connectivity index (χ2v) is 29.8. The maximum Gasteiger partial charge on any atom is 0.312 e. The second-order valence-electron chi connectivity index (χ2n) is 18.7. The Morgan fingerprint density at radius 1 is 0.917 bits per heavy atom. The summed E-state index contributed by atoms with van der Waals surface area (Å²) in [6.45, 7) is 29.1. The van der Waals surface area contributed by atoms with E-state index in [1.807, 2.05) is 41.5 Å². The number of esters is 4. The molecule has 0 aromatic carbocycles. The number of rotatable bonds is 14. The van der Waals surface area contributed by atoms with Gasteiger partial charge in [-0.05, 0) is 66.2 Å². The Hall–Kier alpha value is -2.15. The lowest BCUT2D eigenvalue weighted by Gasteiger charge is -2.44. The fourth-order valence-electron chi connectivity index (χ4n) is 9.25. The Balaban J connectivity index is 1.66. The molecule has 9 unspecified atom stereocenters. The van der Waals surface area contributed by atoms with E-state index in [9.17, 15) is 19.2 Å². The van der Waals surface area contributed by atoms with E-state index in [1.165, 1.54) is 0 Å². The number of ether oxygens (including phenoxy) is 5. The zero-order valence-corrected chi connectivity index (χ0v) is 33.7. The van der Waals surface area contributed by atoms with Crippen molar-refractivity contribution < 1.29 is 42.9 Å². The van der Waals surface area contributed by atoms with Gasteiger partial charge in [-0.2, -0.15) is 0 Å². The number of carbonyl (C=O) groups is 4. The lowest BCUT2D eigenvalue weighted by molar-refractivity contribution is -0.184. The van der Waals surface area contributed by atoms with E-state index >= 15 is 0 Å². The molecule has 2 saturated heterocycles. The van der Waals surface area contributed by atoms with Crippen molar-refractivity contribution in [1.82, 2.24) is 0 Å². The second kappa shape index (κ2) is 13.2. The Kier molecular flexibility index (Phi) is 10.6. The molecule has 4 rings (SSSR count). The quantitative estimate of drug-likeness (QED) is 0.104. The van der Waals surface area contributed by atoms with Crippen molar-refractivity contribution in [3.63, 3.8) is 0 Å². The summed E-state index contributed by atoms with van der Waals surface area (Å²) in [7, 11) is -3.77. The standard InChI is InChI=1S/C37H62O9Si2/c1-14-34(4,30(39)45-33(47(8,9)10)48(11,12)13)21-36(6,31(40)44-27-24-18-25-26(19-24)29(38)43-28(25)27)22-35(5,15-2)32(41)46-37(7)16-17-42-23(3)20-37/h24-28,33H,3,14-22H2,1-2,4-13H3. The molecular weight excluding hydrogens is 645 g/mol. The fraction of sp³-hybridized carbons (Fsp3) is 0.838. The van der Waals surface area contributed by atoms with Crippen LogP contribution in [0.2, 0.25) is 39.3 Å². The Bertz CT molecular complexity index is 1290. The molecule has 2 heterocycles. The molecule has 272 valence electrons. The van der Waals surface area contributed by atoms with E-state index in [0.29, 0.717) is 44.5 Å². The summed E-state index contributed by atoms with van der Waals surface area (Å²) in [4.78, 5) is 55.5. The van der Waals surface area contributed by atoms with Crippen LogP contribution in [0.3, 0.4) is 0 Å². The van der Waals surface area contributed by atoms with Gasteiger partial charge in [0, 0.05) is 24.7 Å². The van der Waals surface area contributed by atoms with Gasteiger partial charge in [0.15, 0.2) is 0 Å². The summed E-state index contributed by atoms with van der Waals surface area (Å²) >= 11 is 0. The first kappa shape index (κ1) is 38.7. The number of fused-ring (bicyclic) bond motifs is 1. The van der Waals surface area contributed by atoms with Gasteiger partial charge in [-0.15, -0.1) is 0 Å². The highest BCUT2D eigenvalue weighted by atomic mass is 28.4. The van der Waals surface area contributed by atoms with E-state index < -0.39 is 62.1 Å². The number of hydrogen-bond acceptors (Lipinski definition) is 9. The van der Waals surface area contributed by atoms with Gasteiger partial charge in [0.2, 0.25) is 0 Å². The molecule has 2 aliphatic heterocycles. The van der Waals surface area contributed by atoms with Crippen LogP contribution in [0.25, 0.3) is 0 Å². The van der Waals surface area contributed by atoms with Crippen LogP contribution in [0, 0.1) is 34.0 Å². The minimum absolute atomic E-state index is 0.0607. The molecule has 9 atom stereocenters. The van der Waals surface area contributed by atoms with Gasteiger partial charge in [-0.1, -0.05) is 59.7 Å². The van der Waals surface area contributed by atoms with Crippen molar-refractivity contribution in [2.75, 3.05) is 6.61 Å². The van der Waals surface area contributed by atoms with Gasteiger partial charge in [-0.25, -0.2) is 0 Å². The van der Waals surface area contributed by atoms with Crippen LogP contribution in [0.1, 0.15) is 92.9 Å². The molecule has 4 aliphatic rings. The molecule has 0 aromatic rings. The van der Waals surface area contributed by atoms with Crippen LogP contribution in [-0.4, -0.2) is 69.8 Å². The lowest BCUT2D eigenvalue weighted by Crippen LogP contribution is -2.57. The highest BCUT2D eigenvalue weighted by Gasteiger charge is 2.64. The molecule has 0 radical (unpaired) electrons. The third kappa shape index (κ3) is 7.61. The van der Waals surface area contributed by atoms with Crippen molar-refractivity contribution >= 4 is 40.0 Å². The van der Waals surface area contributed by atoms with Gasteiger partial charge in [0.1, 0.15) is 17.8 Å². The van der Waals surface area contributed by atoms with Crippen LogP contribution < -0.4 is 0 Å². The van der Waals surface area contributed by atoms with E-state index in [0.717, 1.165) is 6.42 Å². The molecule has 11 heteroatoms. The topological polar surface area (TPSA) is 114 Å². The first-order valence-corrected chi connectivity index (χ1v) is 25.2. The predicted octanol–water partition coefficient (Wildman–Crippen LogP) is 7.39. The highest BCUT2D eigenvalue weighted by Crippen LogP contribution is 2.56. The van der Waals surface area contributed by atoms with Gasteiger partial charge in [-0.3, -0.25) is 19.2 Å². The Morgan fingerprint density at radius 3 is 2.00 bits per heavy atom. The normalized spacial score (nSPS) is 32.1. The summed E-state index contributed by atoms with van der Waals surface area (Å²) in [5.74, 6) is -0.759. The molecule has 4 fully saturated rings. The minimum atomic E-state index is -1.89. The van der Waals surface area contributed by atoms with E-state index in [1.54, 1.807) is 0 Å².